The van der Waals surface area contributed by atoms with Gasteiger partial charge in [0.25, 0.3) is 5.56 Å². The smallest absolute Gasteiger partial charge is 0.266 e. The Kier molecular flexibility index (Phi) is 5.57. The fourth-order valence-corrected chi connectivity index (χ4v) is 3.77. The molecule has 5 rings (SSSR count). The molecule has 4 aromatic heterocycles. The number of rotatable bonds is 5. The van der Waals surface area contributed by atoms with Gasteiger partial charge in [-0.25, -0.2) is 14.1 Å². The Hall–Kier alpha value is -5.18. The van der Waals surface area contributed by atoms with Crippen LogP contribution in [0.3, 0.4) is 0 Å². The molecule has 0 aliphatic heterocycles. The lowest BCUT2D eigenvalue weighted by Crippen LogP contribution is -2.18. The molecule has 12 heteroatoms. The molecule has 0 aliphatic rings. The maximum absolute atomic E-state index is 15.2. The summed E-state index contributed by atoms with van der Waals surface area (Å²) in [6, 6.07) is 12.8. The van der Waals surface area contributed by atoms with Crippen LogP contribution in [0.2, 0.25) is 0 Å². The van der Waals surface area contributed by atoms with Gasteiger partial charge in [0.15, 0.2) is 5.65 Å². The fourth-order valence-electron chi connectivity index (χ4n) is 3.77. The van der Waals surface area contributed by atoms with E-state index in [0.717, 1.165) is 15.9 Å². The number of aryl methyl sites for hydroxylation is 2. The van der Waals surface area contributed by atoms with E-state index >= 15 is 4.39 Å². The standard InChI is InChI=1S/C24H19FN10O/c1-13-5-4-10-28-17(13)12-29-24-31-22-19(16-8-9-18(36)34(2)32-16)21(30-23(27)35(22)33-24)15-7-3-6-14(11-26)20(15)25/h3-10H,12H2,1-2H3,(H2,27,30)(H,29,33). The van der Waals surface area contributed by atoms with Crippen LogP contribution >= 0.6 is 0 Å². The summed E-state index contributed by atoms with van der Waals surface area (Å²) in [5.41, 5.74) is 8.53. The second-order valence-corrected chi connectivity index (χ2v) is 7.94. The van der Waals surface area contributed by atoms with E-state index in [2.05, 4.69) is 30.5 Å². The van der Waals surface area contributed by atoms with E-state index in [0.29, 0.717) is 17.8 Å². The Morgan fingerprint density at radius 1 is 1.14 bits per heavy atom. The number of nitriles is 1. The van der Waals surface area contributed by atoms with Crippen LogP contribution in [-0.4, -0.2) is 34.3 Å². The molecule has 3 N–H and O–H groups in total. The molecule has 36 heavy (non-hydrogen) atoms. The molecule has 4 heterocycles. The second kappa shape index (κ2) is 8.88. The van der Waals surface area contributed by atoms with E-state index in [4.69, 9.17) is 5.73 Å². The van der Waals surface area contributed by atoms with Crippen LogP contribution in [0, 0.1) is 24.1 Å². The maximum atomic E-state index is 15.2. The van der Waals surface area contributed by atoms with E-state index in [1.54, 1.807) is 12.3 Å². The lowest BCUT2D eigenvalue weighted by molar-refractivity contribution is 0.627. The monoisotopic (exact) mass is 482 g/mol. The minimum atomic E-state index is -0.759. The quantitative estimate of drug-likeness (QED) is 0.385. The van der Waals surface area contributed by atoms with Crippen LogP contribution in [0.15, 0.2) is 53.5 Å². The third kappa shape index (κ3) is 3.88. The highest BCUT2D eigenvalue weighted by molar-refractivity contribution is 5.89. The van der Waals surface area contributed by atoms with Crippen molar-refractivity contribution >= 4 is 17.5 Å². The average molecular weight is 482 g/mol. The molecule has 0 unspecified atom stereocenters. The first-order valence-corrected chi connectivity index (χ1v) is 10.8. The number of fused-ring (bicyclic) bond motifs is 1. The van der Waals surface area contributed by atoms with E-state index in [1.807, 2.05) is 25.1 Å². The Labute approximate surface area is 203 Å². The Balaban J connectivity index is 1.73. The molecule has 0 radical (unpaired) electrons. The van der Waals surface area contributed by atoms with Crippen LogP contribution in [-0.2, 0) is 13.6 Å². The average Bonchev–Trinajstić information content (AvgIpc) is 3.30. The number of nitrogens with zero attached hydrogens (tertiary/aromatic N) is 8. The lowest BCUT2D eigenvalue weighted by Gasteiger charge is -2.12. The molecule has 0 aliphatic carbocycles. The number of benzene rings is 1. The number of hydrogen-bond donors (Lipinski definition) is 2. The van der Waals surface area contributed by atoms with E-state index < -0.39 is 5.82 Å². The Morgan fingerprint density at radius 2 is 1.97 bits per heavy atom. The Bertz CT molecular complexity index is 1730. The van der Waals surface area contributed by atoms with Crippen LogP contribution in [0.4, 0.5) is 16.3 Å². The first kappa shape index (κ1) is 22.6. The van der Waals surface area contributed by atoms with Crippen molar-refractivity contribution in [2.45, 2.75) is 13.5 Å². The van der Waals surface area contributed by atoms with Gasteiger partial charge in [-0.15, -0.1) is 5.10 Å². The van der Waals surface area contributed by atoms with Crippen molar-refractivity contribution in [2.24, 2.45) is 7.05 Å². The highest BCUT2D eigenvalue weighted by atomic mass is 19.1. The van der Waals surface area contributed by atoms with Gasteiger partial charge in [-0.05, 0) is 36.8 Å². The van der Waals surface area contributed by atoms with Crippen LogP contribution in [0.1, 0.15) is 16.8 Å². The number of nitrogens with two attached hydrogens (primary N) is 1. The van der Waals surface area contributed by atoms with E-state index in [9.17, 15) is 10.1 Å². The van der Waals surface area contributed by atoms with Gasteiger partial charge in [0.2, 0.25) is 11.9 Å². The van der Waals surface area contributed by atoms with Crippen LogP contribution < -0.4 is 16.6 Å². The molecule has 0 bridgehead atoms. The third-order valence-electron chi connectivity index (χ3n) is 5.63. The number of aromatic nitrogens is 7. The van der Waals surface area contributed by atoms with E-state index in [1.165, 1.54) is 35.8 Å². The van der Waals surface area contributed by atoms with Gasteiger partial charge >= 0.3 is 0 Å². The largest absolute Gasteiger partial charge is 0.368 e. The van der Waals surface area contributed by atoms with Gasteiger partial charge in [0, 0.05) is 24.9 Å². The van der Waals surface area contributed by atoms with Gasteiger partial charge in [-0.3, -0.25) is 9.78 Å². The second-order valence-electron chi connectivity index (χ2n) is 7.94. The molecular formula is C24H19FN10O. The molecule has 0 amide bonds. The summed E-state index contributed by atoms with van der Waals surface area (Å²) in [6.07, 6.45) is 1.70. The summed E-state index contributed by atoms with van der Waals surface area (Å²) in [4.78, 5) is 25.3. The maximum Gasteiger partial charge on any atom is 0.266 e. The molecule has 178 valence electrons. The van der Waals surface area contributed by atoms with Crippen molar-refractivity contribution in [3.05, 3.63) is 81.7 Å². The van der Waals surface area contributed by atoms with Gasteiger partial charge in [0.05, 0.1) is 34.8 Å². The predicted molar refractivity (Wildman–Crippen MR) is 130 cm³/mol. The van der Waals surface area contributed by atoms with Crippen molar-refractivity contribution in [2.75, 3.05) is 11.1 Å². The molecule has 0 saturated carbocycles. The van der Waals surface area contributed by atoms with Crippen molar-refractivity contribution in [3.63, 3.8) is 0 Å². The number of pyridine rings is 1. The van der Waals surface area contributed by atoms with Crippen molar-refractivity contribution in [1.29, 1.82) is 5.26 Å². The third-order valence-corrected chi connectivity index (χ3v) is 5.63. The SMILES string of the molecule is Cc1cccnc1CNc1nc2c(-c3ccc(=O)n(C)n3)c(-c3cccc(C#N)c3F)nc(N)n2n1. The van der Waals surface area contributed by atoms with Crippen LogP contribution in [0.5, 0.6) is 0 Å². The van der Waals surface area contributed by atoms with E-state index in [-0.39, 0.29) is 39.9 Å². The minimum Gasteiger partial charge on any atom is -0.368 e. The highest BCUT2D eigenvalue weighted by Crippen LogP contribution is 2.35. The van der Waals surface area contributed by atoms with Gasteiger partial charge in [-0.2, -0.15) is 19.9 Å². The summed E-state index contributed by atoms with van der Waals surface area (Å²) in [5.74, 6) is -0.571. The topological polar surface area (TPSA) is 153 Å². The summed E-state index contributed by atoms with van der Waals surface area (Å²) in [5, 5.41) is 21.2. The molecule has 1 aromatic carbocycles. The molecule has 0 fully saturated rings. The number of nitrogens with one attached hydrogen (secondary N) is 1. The normalized spacial score (nSPS) is 10.9. The summed E-state index contributed by atoms with van der Waals surface area (Å²) < 4.78 is 17.7. The fraction of sp³-hybridized carbons (Fsp3) is 0.125. The summed E-state index contributed by atoms with van der Waals surface area (Å²) in [7, 11) is 1.50. The molecular weight excluding hydrogens is 463 g/mol. The molecule has 0 spiro atoms. The number of anilines is 2. The number of nitrogen functional groups attached to an aromatic ring is 1. The zero-order valence-electron chi connectivity index (χ0n) is 19.3. The molecule has 0 saturated heterocycles. The minimum absolute atomic E-state index is 0.0375. The van der Waals surface area contributed by atoms with Crippen molar-refractivity contribution in [1.82, 2.24) is 34.3 Å². The van der Waals surface area contributed by atoms with Crippen molar-refractivity contribution < 1.29 is 4.39 Å². The zero-order valence-corrected chi connectivity index (χ0v) is 19.3. The Morgan fingerprint density at radius 3 is 2.72 bits per heavy atom. The first-order chi connectivity index (χ1) is 17.4. The van der Waals surface area contributed by atoms with Gasteiger partial charge in [0.1, 0.15) is 11.9 Å². The highest BCUT2D eigenvalue weighted by Gasteiger charge is 2.24. The van der Waals surface area contributed by atoms with Crippen LogP contribution in [0.25, 0.3) is 28.2 Å². The number of halogens is 1. The number of hydrogen-bond acceptors (Lipinski definition) is 9. The predicted octanol–water partition coefficient (Wildman–Crippen LogP) is 2.46. The first-order valence-electron chi connectivity index (χ1n) is 10.8. The zero-order chi connectivity index (χ0) is 25.4. The molecule has 11 nitrogen and oxygen atoms in total. The van der Waals surface area contributed by atoms with Crippen molar-refractivity contribution in [3.8, 4) is 28.6 Å². The lowest BCUT2D eigenvalue weighted by atomic mass is 10.0. The van der Waals surface area contributed by atoms with Gasteiger partial charge < -0.3 is 11.1 Å². The molecule has 0 atom stereocenters. The summed E-state index contributed by atoms with van der Waals surface area (Å²) >= 11 is 0. The van der Waals surface area contributed by atoms with Gasteiger partial charge in [-0.1, -0.05) is 12.1 Å². The molecule has 5 aromatic rings. The summed E-state index contributed by atoms with van der Waals surface area (Å²) in [6.45, 7) is 2.30.